The van der Waals surface area contributed by atoms with Crippen LogP contribution in [0.4, 0.5) is 0 Å². The van der Waals surface area contributed by atoms with Crippen molar-refractivity contribution in [3.05, 3.63) is 0 Å². The van der Waals surface area contributed by atoms with Gasteiger partial charge in [-0.25, -0.2) is 0 Å². The van der Waals surface area contributed by atoms with Gasteiger partial charge in [0.1, 0.15) is 0 Å². The summed E-state index contributed by atoms with van der Waals surface area (Å²) in [7, 11) is 9.20. The van der Waals surface area contributed by atoms with Gasteiger partial charge in [0.15, 0.2) is 0 Å². The number of nitrogens with zero attached hydrogens (tertiary/aromatic N) is 2. The minimum absolute atomic E-state index is 0.625. The molecule has 0 fully saturated rings. The number of carbonyl (C=O) groups excluding carboxylic acids is 1. The molecule has 86 valence electrons. The van der Waals surface area contributed by atoms with Crippen molar-refractivity contribution in [2.45, 2.75) is 0 Å². The van der Waals surface area contributed by atoms with Crippen LogP contribution < -0.4 is 11.1 Å². The van der Waals surface area contributed by atoms with Crippen molar-refractivity contribution >= 4 is 19.5 Å². The molecule has 0 heterocycles. The van der Waals surface area contributed by atoms with E-state index in [4.69, 9.17) is 10.2 Å². The molecule has 0 bridgehead atoms. The molecule has 14 heavy (non-hydrogen) atoms. The molecule has 6 nitrogen and oxygen atoms in total. The minimum Gasteiger partial charge on any atom is -0.390 e. The van der Waals surface area contributed by atoms with Crippen molar-refractivity contribution in [1.29, 1.82) is 5.41 Å². The van der Waals surface area contributed by atoms with Gasteiger partial charge in [0.05, 0.1) is 6.34 Å². The first kappa shape index (κ1) is 22.9. The van der Waals surface area contributed by atoms with E-state index in [9.17, 15) is 0 Å². The lowest BCUT2D eigenvalue weighted by Gasteiger charge is -1.90. The Bertz CT molecular complexity index is 97.1. The Balaban J connectivity index is -0.0000000482. The first-order chi connectivity index (χ1) is 6.47. The maximum atomic E-state index is 9.06. The normalized spacial score (nSPS) is 5.86. The number of hydrogen-bond donors (Lipinski definition) is 3. The van der Waals surface area contributed by atoms with Crippen LogP contribution in [-0.4, -0.2) is 59.6 Å². The molecule has 0 atom stereocenters. The second kappa shape index (κ2) is 41.7. The fraction of sp³-hybridized carbons (Fsp3) is 0.625. The highest BCUT2D eigenvalue weighted by molar-refractivity contribution is 5.46. The Morgan fingerprint density at radius 3 is 1.57 bits per heavy atom. The number of aliphatic imine (C=N–C) groups is 1. The highest BCUT2D eigenvalue weighted by atomic mass is 16.1. The highest BCUT2D eigenvalue weighted by Crippen LogP contribution is 1.47. The van der Waals surface area contributed by atoms with Gasteiger partial charge in [0.2, 0.25) is 6.41 Å². The molecule has 4 N–H and O–H groups in total. The van der Waals surface area contributed by atoms with E-state index in [1.165, 1.54) is 0 Å². The number of nitrogens with two attached hydrogens (primary N) is 1. The Morgan fingerprint density at radius 1 is 1.50 bits per heavy atom. The van der Waals surface area contributed by atoms with Crippen molar-refractivity contribution in [2.24, 2.45) is 10.7 Å². The molecule has 0 saturated heterocycles. The van der Waals surface area contributed by atoms with Crippen LogP contribution in [0.25, 0.3) is 0 Å². The average Bonchev–Trinajstić information content (AvgIpc) is 2.06. The van der Waals surface area contributed by atoms with Crippen molar-refractivity contribution in [1.82, 2.24) is 10.2 Å². The zero-order valence-electron chi connectivity index (χ0n) is 9.74. The molecule has 0 aliphatic carbocycles. The van der Waals surface area contributed by atoms with Crippen molar-refractivity contribution in [3.8, 4) is 0 Å². The average molecular weight is 205 g/mol. The van der Waals surface area contributed by atoms with Crippen LogP contribution in [0.15, 0.2) is 4.99 Å². The van der Waals surface area contributed by atoms with E-state index in [2.05, 4.69) is 22.8 Å². The van der Waals surface area contributed by atoms with Gasteiger partial charge in [-0.1, -0.05) is 0 Å². The molecule has 0 aromatic carbocycles. The summed E-state index contributed by atoms with van der Waals surface area (Å²) in [6.07, 6.45) is 1.38. The van der Waals surface area contributed by atoms with Crippen molar-refractivity contribution < 1.29 is 4.79 Å². The molecule has 6 heteroatoms. The Kier molecular flexibility index (Phi) is 68.2. The van der Waals surface area contributed by atoms with Gasteiger partial charge in [-0.2, -0.15) is 0 Å². The fourth-order valence-electron chi connectivity index (χ4n) is 0. The van der Waals surface area contributed by atoms with E-state index in [0.717, 1.165) is 6.34 Å². The predicted octanol–water partition coefficient (Wildman–Crippen LogP) is -0.591. The summed E-state index contributed by atoms with van der Waals surface area (Å²) >= 11 is 0. The molecule has 0 unspecified atom stereocenters. The van der Waals surface area contributed by atoms with E-state index in [1.54, 1.807) is 14.1 Å². The Hall–Kier alpha value is -1.43. The first-order valence-corrected chi connectivity index (χ1v) is 3.75. The lowest BCUT2D eigenvalue weighted by Crippen LogP contribution is -1.99. The first-order valence-electron chi connectivity index (χ1n) is 3.75. The largest absolute Gasteiger partial charge is 0.390 e. The number of carbonyl (C=O) groups is 1. The molecule has 0 aromatic rings. The zero-order chi connectivity index (χ0) is 12.4. The van der Waals surface area contributed by atoms with Gasteiger partial charge in [-0.3, -0.25) is 10.2 Å². The van der Waals surface area contributed by atoms with Crippen LogP contribution in [0.3, 0.4) is 0 Å². The number of rotatable bonds is 1. The van der Waals surface area contributed by atoms with Gasteiger partial charge in [-0.05, 0) is 27.9 Å². The summed E-state index contributed by atoms with van der Waals surface area (Å²) in [5.41, 5.74) is 4.39. The summed E-state index contributed by atoms with van der Waals surface area (Å²) < 4.78 is 0. The van der Waals surface area contributed by atoms with Crippen molar-refractivity contribution in [3.63, 3.8) is 0 Å². The number of hydrogen-bond acceptors (Lipinski definition) is 4. The van der Waals surface area contributed by atoms with Gasteiger partial charge in [0.25, 0.3) is 0 Å². The van der Waals surface area contributed by atoms with Crippen LogP contribution in [0.1, 0.15) is 0 Å². The third-order valence-corrected chi connectivity index (χ3v) is 0.118. The van der Waals surface area contributed by atoms with Crippen LogP contribution >= 0.6 is 0 Å². The lowest BCUT2D eigenvalue weighted by molar-refractivity contribution is -0.109. The van der Waals surface area contributed by atoms with E-state index in [1.807, 2.05) is 26.0 Å². The number of nitrogens with one attached hydrogen (secondary N) is 2. The standard InChI is InChI=1S/C3H9N.C2H5NO.C2H5N.CH4N2/c1-4(2)3;1-3-2-4;1-3-2;2-1-3/h1-3H3;2H,1H3,(H,3,4);1H2,2H3;1H,(H3,2,3). The summed E-state index contributed by atoms with van der Waals surface area (Å²) in [5.74, 6) is 0. The van der Waals surface area contributed by atoms with Crippen LogP contribution in [-0.2, 0) is 4.79 Å². The molecule has 0 saturated carbocycles. The Morgan fingerprint density at radius 2 is 1.57 bits per heavy atom. The molecular weight excluding hydrogens is 182 g/mol. The highest BCUT2D eigenvalue weighted by Gasteiger charge is 1.58. The fourth-order valence-corrected chi connectivity index (χ4v) is 0. The summed E-state index contributed by atoms with van der Waals surface area (Å²) in [6, 6.07) is 0. The molecule has 0 rings (SSSR count). The van der Waals surface area contributed by atoms with E-state index < -0.39 is 0 Å². The smallest absolute Gasteiger partial charge is 0.206 e. The molecule has 0 spiro atoms. The summed E-state index contributed by atoms with van der Waals surface area (Å²) in [4.78, 5) is 14.3. The lowest BCUT2D eigenvalue weighted by atomic mass is 11.0. The zero-order valence-corrected chi connectivity index (χ0v) is 9.74. The van der Waals surface area contributed by atoms with Crippen molar-refractivity contribution in [2.75, 3.05) is 35.2 Å². The van der Waals surface area contributed by atoms with Crippen LogP contribution in [0.5, 0.6) is 0 Å². The third kappa shape index (κ3) is 5240. The monoisotopic (exact) mass is 205 g/mol. The second-order valence-electron chi connectivity index (χ2n) is 2.23. The number of amides is 1. The second-order valence-corrected chi connectivity index (χ2v) is 2.23. The van der Waals surface area contributed by atoms with Gasteiger partial charge < -0.3 is 20.9 Å². The molecule has 0 aliphatic heterocycles. The molecule has 0 radical (unpaired) electrons. The SMILES string of the molecule is C=NC.CN(C)C.CNC=O.N=CN. The van der Waals surface area contributed by atoms with Gasteiger partial charge in [-0.15, -0.1) is 0 Å². The molecule has 1 amide bonds. The minimum atomic E-state index is 0.625. The van der Waals surface area contributed by atoms with E-state index >= 15 is 0 Å². The maximum Gasteiger partial charge on any atom is 0.206 e. The summed E-state index contributed by atoms with van der Waals surface area (Å²) in [5, 5.41) is 8.11. The topological polar surface area (TPSA) is 94.6 Å². The summed E-state index contributed by atoms with van der Waals surface area (Å²) in [6.45, 7) is 3.11. The third-order valence-electron chi connectivity index (χ3n) is 0.118. The van der Waals surface area contributed by atoms with Crippen LogP contribution in [0.2, 0.25) is 0 Å². The van der Waals surface area contributed by atoms with E-state index in [0.29, 0.717) is 6.41 Å². The van der Waals surface area contributed by atoms with E-state index in [-0.39, 0.29) is 0 Å². The Labute approximate surface area is 86.7 Å². The predicted molar refractivity (Wildman–Crippen MR) is 63.2 cm³/mol. The maximum absolute atomic E-state index is 9.06. The van der Waals surface area contributed by atoms with Gasteiger partial charge in [0, 0.05) is 14.1 Å². The van der Waals surface area contributed by atoms with Gasteiger partial charge >= 0.3 is 0 Å². The molecular formula is C8H23N5O. The van der Waals surface area contributed by atoms with Crippen LogP contribution in [0, 0.1) is 5.41 Å². The molecule has 0 aliphatic rings. The quantitative estimate of drug-likeness (QED) is 0.303. The molecule has 0 aromatic heterocycles.